The average molecular weight is 300 g/mol. The SMILES string of the molecule is CCC1CCCN1C(=O)c1ccc(Br)c(F)c1. The fourth-order valence-electron chi connectivity index (χ4n) is 2.32. The molecule has 4 heteroatoms. The summed E-state index contributed by atoms with van der Waals surface area (Å²) in [5, 5.41) is 0. The van der Waals surface area contributed by atoms with Gasteiger partial charge in [0.25, 0.3) is 5.91 Å². The molecule has 0 radical (unpaired) electrons. The molecule has 0 N–H and O–H groups in total. The van der Waals surface area contributed by atoms with E-state index in [-0.39, 0.29) is 11.7 Å². The van der Waals surface area contributed by atoms with E-state index in [1.807, 2.05) is 4.90 Å². The van der Waals surface area contributed by atoms with Gasteiger partial charge >= 0.3 is 0 Å². The second-order valence-electron chi connectivity index (χ2n) is 4.33. The Hall–Kier alpha value is -0.900. The Bertz CT molecular complexity index is 435. The van der Waals surface area contributed by atoms with Gasteiger partial charge in [0.2, 0.25) is 0 Å². The molecule has 0 bridgehead atoms. The first-order chi connectivity index (χ1) is 8.13. The molecule has 2 rings (SSSR count). The van der Waals surface area contributed by atoms with Crippen LogP contribution in [0.1, 0.15) is 36.5 Å². The highest BCUT2D eigenvalue weighted by Crippen LogP contribution is 2.24. The summed E-state index contributed by atoms with van der Waals surface area (Å²) < 4.78 is 13.8. The van der Waals surface area contributed by atoms with Crippen molar-refractivity contribution >= 4 is 21.8 Å². The van der Waals surface area contributed by atoms with Gasteiger partial charge in [0.1, 0.15) is 5.82 Å². The van der Waals surface area contributed by atoms with E-state index in [2.05, 4.69) is 22.9 Å². The van der Waals surface area contributed by atoms with Crippen molar-refractivity contribution in [1.82, 2.24) is 4.90 Å². The van der Waals surface area contributed by atoms with Crippen LogP contribution in [0.25, 0.3) is 0 Å². The molecule has 1 unspecified atom stereocenters. The van der Waals surface area contributed by atoms with Crippen molar-refractivity contribution in [3.05, 3.63) is 34.1 Å². The summed E-state index contributed by atoms with van der Waals surface area (Å²) in [7, 11) is 0. The molecule has 2 nitrogen and oxygen atoms in total. The maximum Gasteiger partial charge on any atom is 0.254 e. The standard InChI is InChI=1S/C13H15BrFNO/c1-2-10-4-3-7-16(10)13(17)9-5-6-11(14)12(15)8-9/h5-6,8,10H,2-4,7H2,1H3. The normalized spacial score (nSPS) is 19.7. The van der Waals surface area contributed by atoms with Crippen LogP contribution in [0.5, 0.6) is 0 Å². The molecule has 0 spiro atoms. The number of hydrogen-bond acceptors (Lipinski definition) is 1. The van der Waals surface area contributed by atoms with Crippen molar-refractivity contribution < 1.29 is 9.18 Å². The molecular formula is C13H15BrFNO. The fraction of sp³-hybridized carbons (Fsp3) is 0.462. The van der Waals surface area contributed by atoms with Crippen LogP contribution in [-0.2, 0) is 0 Å². The molecule has 1 atom stereocenters. The minimum Gasteiger partial charge on any atom is -0.336 e. The minimum absolute atomic E-state index is 0.0549. The molecule has 1 aromatic rings. The van der Waals surface area contributed by atoms with E-state index in [4.69, 9.17) is 0 Å². The van der Waals surface area contributed by atoms with Crippen molar-refractivity contribution in [2.45, 2.75) is 32.2 Å². The van der Waals surface area contributed by atoms with Crippen molar-refractivity contribution in [3.63, 3.8) is 0 Å². The summed E-state index contributed by atoms with van der Waals surface area (Å²) >= 11 is 3.09. The lowest BCUT2D eigenvalue weighted by Gasteiger charge is -2.23. The molecular weight excluding hydrogens is 285 g/mol. The van der Waals surface area contributed by atoms with Gasteiger partial charge in [-0.05, 0) is 53.4 Å². The molecule has 0 aliphatic carbocycles. The number of likely N-dealkylation sites (tertiary alicyclic amines) is 1. The lowest BCUT2D eigenvalue weighted by molar-refractivity contribution is 0.0733. The van der Waals surface area contributed by atoms with E-state index in [0.717, 1.165) is 25.8 Å². The van der Waals surface area contributed by atoms with Gasteiger partial charge in [-0.2, -0.15) is 0 Å². The largest absolute Gasteiger partial charge is 0.336 e. The number of carbonyl (C=O) groups is 1. The van der Waals surface area contributed by atoms with Crippen LogP contribution in [0.3, 0.4) is 0 Å². The summed E-state index contributed by atoms with van der Waals surface area (Å²) in [6, 6.07) is 4.87. The summed E-state index contributed by atoms with van der Waals surface area (Å²) in [6.45, 7) is 2.87. The fourth-order valence-corrected chi connectivity index (χ4v) is 2.57. The van der Waals surface area contributed by atoms with Gasteiger partial charge < -0.3 is 4.90 Å². The average Bonchev–Trinajstić information content (AvgIpc) is 2.80. The van der Waals surface area contributed by atoms with Crippen LogP contribution < -0.4 is 0 Å². The maximum absolute atomic E-state index is 13.4. The molecule has 1 saturated heterocycles. The number of nitrogens with zero attached hydrogens (tertiary/aromatic N) is 1. The number of carbonyl (C=O) groups excluding carboxylic acids is 1. The Morgan fingerprint density at radius 1 is 1.59 bits per heavy atom. The van der Waals surface area contributed by atoms with Crippen molar-refractivity contribution in [2.75, 3.05) is 6.54 Å². The van der Waals surface area contributed by atoms with Gasteiger partial charge in [-0.25, -0.2) is 4.39 Å². The van der Waals surface area contributed by atoms with Crippen LogP contribution in [0, 0.1) is 5.82 Å². The molecule has 1 heterocycles. The smallest absolute Gasteiger partial charge is 0.254 e. The van der Waals surface area contributed by atoms with E-state index in [9.17, 15) is 9.18 Å². The van der Waals surface area contributed by atoms with E-state index >= 15 is 0 Å². The van der Waals surface area contributed by atoms with Crippen LogP contribution in [0.4, 0.5) is 4.39 Å². The van der Waals surface area contributed by atoms with Gasteiger partial charge in [-0.15, -0.1) is 0 Å². The highest BCUT2D eigenvalue weighted by molar-refractivity contribution is 9.10. The lowest BCUT2D eigenvalue weighted by atomic mass is 10.1. The third kappa shape index (κ3) is 2.51. The quantitative estimate of drug-likeness (QED) is 0.817. The van der Waals surface area contributed by atoms with Gasteiger partial charge in [0.05, 0.1) is 4.47 Å². The summed E-state index contributed by atoms with van der Waals surface area (Å²) in [4.78, 5) is 14.1. The number of amides is 1. The monoisotopic (exact) mass is 299 g/mol. The lowest BCUT2D eigenvalue weighted by Crippen LogP contribution is -2.35. The highest BCUT2D eigenvalue weighted by Gasteiger charge is 2.28. The zero-order valence-electron chi connectivity index (χ0n) is 9.75. The molecule has 1 aliphatic rings. The molecule has 1 amide bonds. The zero-order chi connectivity index (χ0) is 12.4. The molecule has 0 aromatic heterocycles. The highest BCUT2D eigenvalue weighted by atomic mass is 79.9. The number of halogens is 2. The first-order valence-electron chi connectivity index (χ1n) is 5.89. The topological polar surface area (TPSA) is 20.3 Å². The third-order valence-corrected chi connectivity index (χ3v) is 3.92. The summed E-state index contributed by atoms with van der Waals surface area (Å²) in [5.41, 5.74) is 0.436. The predicted octanol–water partition coefficient (Wildman–Crippen LogP) is 3.60. The van der Waals surface area contributed by atoms with Gasteiger partial charge in [-0.1, -0.05) is 6.92 Å². The number of benzene rings is 1. The van der Waals surface area contributed by atoms with Crippen LogP contribution in [-0.4, -0.2) is 23.4 Å². The molecule has 1 aliphatic heterocycles. The van der Waals surface area contributed by atoms with Gasteiger partial charge in [0.15, 0.2) is 0 Å². The molecule has 0 saturated carbocycles. The van der Waals surface area contributed by atoms with E-state index in [0.29, 0.717) is 16.1 Å². The van der Waals surface area contributed by atoms with Gasteiger partial charge in [0, 0.05) is 18.2 Å². The van der Waals surface area contributed by atoms with Crippen LogP contribution in [0.2, 0.25) is 0 Å². The Balaban J connectivity index is 2.21. The Kier molecular flexibility index (Phi) is 3.82. The maximum atomic E-state index is 13.4. The third-order valence-electron chi connectivity index (χ3n) is 3.28. The zero-order valence-corrected chi connectivity index (χ0v) is 11.3. The van der Waals surface area contributed by atoms with Crippen molar-refractivity contribution in [2.24, 2.45) is 0 Å². The van der Waals surface area contributed by atoms with E-state index < -0.39 is 0 Å². The predicted molar refractivity (Wildman–Crippen MR) is 68.4 cm³/mol. The molecule has 1 aromatic carbocycles. The van der Waals surface area contributed by atoms with Crippen molar-refractivity contribution in [3.8, 4) is 0 Å². The first-order valence-corrected chi connectivity index (χ1v) is 6.68. The summed E-state index contributed by atoms with van der Waals surface area (Å²) in [5.74, 6) is -0.441. The summed E-state index contributed by atoms with van der Waals surface area (Å²) in [6.07, 6.45) is 3.06. The van der Waals surface area contributed by atoms with Gasteiger partial charge in [-0.3, -0.25) is 4.79 Å². The van der Waals surface area contributed by atoms with Crippen LogP contribution in [0.15, 0.2) is 22.7 Å². The number of rotatable bonds is 2. The second-order valence-corrected chi connectivity index (χ2v) is 5.19. The van der Waals surface area contributed by atoms with E-state index in [1.165, 1.54) is 6.07 Å². The molecule has 1 fully saturated rings. The molecule has 17 heavy (non-hydrogen) atoms. The van der Waals surface area contributed by atoms with Crippen LogP contribution >= 0.6 is 15.9 Å². The first kappa shape index (κ1) is 12.6. The second kappa shape index (κ2) is 5.17. The van der Waals surface area contributed by atoms with E-state index in [1.54, 1.807) is 12.1 Å². The van der Waals surface area contributed by atoms with Crippen molar-refractivity contribution in [1.29, 1.82) is 0 Å². The minimum atomic E-state index is -0.386. The molecule has 92 valence electrons. The Labute approximate surface area is 109 Å². The Morgan fingerprint density at radius 2 is 2.35 bits per heavy atom. The number of hydrogen-bond donors (Lipinski definition) is 0. The Morgan fingerprint density at radius 3 is 3.00 bits per heavy atom.